The van der Waals surface area contributed by atoms with Crippen molar-refractivity contribution in [1.82, 2.24) is 0 Å². The van der Waals surface area contributed by atoms with Crippen molar-refractivity contribution < 1.29 is 9.18 Å². The van der Waals surface area contributed by atoms with E-state index in [0.29, 0.717) is 11.3 Å². The van der Waals surface area contributed by atoms with Crippen LogP contribution in [0.1, 0.15) is 12.5 Å². The lowest BCUT2D eigenvalue weighted by Crippen LogP contribution is -2.05. The van der Waals surface area contributed by atoms with Gasteiger partial charge in [0.2, 0.25) is 5.91 Å². The Kier molecular flexibility index (Phi) is 5.20. The van der Waals surface area contributed by atoms with Crippen molar-refractivity contribution in [3.8, 4) is 0 Å². The van der Waals surface area contributed by atoms with Crippen LogP contribution in [0.25, 0.3) is 0 Å². The number of nitrogens with one attached hydrogen (secondary N) is 1. The van der Waals surface area contributed by atoms with Gasteiger partial charge in [-0.25, -0.2) is 4.39 Å². The lowest BCUT2D eigenvalue weighted by molar-refractivity contribution is -0.114. The minimum absolute atomic E-state index is 0.0951. The molecule has 0 spiro atoms. The molecule has 0 heterocycles. The van der Waals surface area contributed by atoms with Gasteiger partial charge in [-0.15, -0.1) is 11.8 Å². The highest BCUT2D eigenvalue weighted by atomic mass is 79.9. The van der Waals surface area contributed by atoms with Crippen molar-refractivity contribution in [3.63, 3.8) is 0 Å². The van der Waals surface area contributed by atoms with Crippen LogP contribution < -0.4 is 5.32 Å². The third kappa shape index (κ3) is 4.35. The van der Waals surface area contributed by atoms with E-state index in [1.165, 1.54) is 13.0 Å². The molecule has 2 aromatic carbocycles. The Morgan fingerprint density at radius 1 is 1.25 bits per heavy atom. The number of anilines is 1. The van der Waals surface area contributed by atoms with Crippen molar-refractivity contribution >= 4 is 39.3 Å². The second-order valence-corrected chi connectivity index (χ2v) is 6.19. The monoisotopic (exact) mass is 353 g/mol. The van der Waals surface area contributed by atoms with Crippen LogP contribution in [0, 0.1) is 5.82 Å². The molecule has 20 heavy (non-hydrogen) atoms. The first-order chi connectivity index (χ1) is 9.54. The molecular weight excluding hydrogens is 341 g/mol. The highest BCUT2D eigenvalue weighted by molar-refractivity contribution is 9.10. The summed E-state index contributed by atoms with van der Waals surface area (Å²) in [6.45, 7) is 1.47. The van der Waals surface area contributed by atoms with Gasteiger partial charge in [-0.05, 0) is 42.0 Å². The van der Waals surface area contributed by atoms with E-state index in [0.717, 1.165) is 15.1 Å². The fraction of sp³-hybridized carbons (Fsp3) is 0.133. The van der Waals surface area contributed by atoms with Crippen molar-refractivity contribution in [2.75, 3.05) is 5.32 Å². The van der Waals surface area contributed by atoms with E-state index in [-0.39, 0.29) is 11.7 Å². The summed E-state index contributed by atoms with van der Waals surface area (Å²) >= 11 is 4.79. The van der Waals surface area contributed by atoms with Gasteiger partial charge in [-0.3, -0.25) is 4.79 Å². The van der Waals surface area contributed by atoms with Crippen LogP contribution in [0.5, 0.6) is 0 Å². The van der Waals surface area contributed by atoms with Crippen LogP contribution in [0.2, 0.25) is 0 Å². The number of halogens is 2. The second-order valence-electron chi connectivity index (χ2n) is 4.23. The zero-order chi connectivity index (χ0) is 14.5. The molecule has 2 rings (SSSR count). The van der Waals surface area contributed by atoms with Crippen LogP contribution in [0.3, 0.4) is 0 Å². The molecule has 0 aliphatic carbocycles. The van der Waals surface area contributed by atoms with E-state index < -0.39 is 0 Å². The van der Waals surface area contributed by atoms with Crippen LogP contribution in [0.15, 0.2) is 51.8 Å². The van der Waals surface area contributed by atoms with Gasteiger partial charge in [0, 0.05) is 27.7 Å². The summed E-state index contributed by atoms with van der Waals surface area (Å²) in [6, 6.07) is 12.6. The van der Waals surface area contributed by atoms with Gasteiger partial charge in [0.15, 0.2) is 0 Å². The number of thioether (sulfide) groups is 1. The van der Waals surface area contributed by atoms with Crippen molar-refractivity contribution in [1.29, 1.82) is 0 Å². The molecule has 0 radical (unpaired) electrons. The van der Waals surface area contributed by atoms with E-state index in [2.05, 4.69) is 21.2 Å². The average Bonchev–Trinajstić information content (AvgIpc) is 2.39. The fourth-order valence-electron chi connectivity index (χ4n) is 1.64. The second kappa shape index (κ2) is 6.90. The predicted octanol–water partition coefficient (Wildman–Crippen LogP) is 4.84. The molecule has 2 nitrogen and oxygen atoms in total. The first kappa shape index (κ1) is 15.1. The number of benzene rings is 2. The molecule has 0 atom stereocenters. The molecule has 104 valence electrons. The number of hydrogen-bond acceptors (Lipinski definition) is 2. The topological polar surface area (TPSA) is 29.1 Å². The molecule has 0 aliphatic rings. The summed E-state index contributed by atoms with van der Waals surface area (Å²) < 4.78 is 14.4. The Hall–Kier alpha value is -1.33. The molecular formula is C15H13BrFNOS. The van der Waals surface area contributed by atoms with Crippen LogP contribution in [-0.4, -0.2) is 5.91 Å². The summed E-state index contributed by atoms with van der Waals surface area (Å²) in [5, 5.41) is 2.71. The highest BCUT2D eigenvalue weighted by Crippen LogP contribution is 2.26. The number of amides is 1. The molecule has 0 aromatic heterocycles. The summed E-state index contributed by atoms with van der Waals surface area (Å²) in [6.07, 6.45) is 0. The van der Waals surface area contributed by atoms with Gasteiger partial charge in [-0.2, -0.15) is 0 Å². The van der Waals surface area contributed by atoms with Crippen LogP contribution >= 0.6 is 27.7 Å². The van der Waals surface area contributed by atoms with Gasteiger partial charge in [0.05, 0.1) is 0 Å². The predicted molar refractivity (Wildman–Crippen MR) is 84.4 cm³/mol. The molecule has 0 unspecified atom stereocenters. The van der Waals surface area contributed by atoms with E-state index >= 15 is 0 Å². The third-order valence-corrected chi connectivity index (χ3v) is 4.14. The Morgan fingerprint density at radius 2 is 1.95 bits per heavy atom. The molecule has 0 saturated carbocycles. The van der Waals surface area contributed by atoms with E-state index in [4.69, 9.17) is 0 Å². The van der Waals surface area contributed by atoms with E-state index in [1.807, 2.05) is 30.3 Å². The quantitative estimate of drug-likeness (QED) is 0.796. The Bertz CT molecular complexity index is 616. The third-order valence-electron chi connectivity index (χ3n) is 2.58. The molecule has 0 fully saturated rings. The average molecular weight is 354 g/mol. The van der Waals surface area contributed by atoms with Gasteiger partial charge in [0.25, 0.3) is 0 Å². The smallest absolute Gasteiger partial charge is 0.221 e. The fourth-order valence-corrected chi connectivity index (χ4v) is 2.86. The number of rotatable bonds is 4. The first-order valence-corrected chi connectivity index (χ1v) is 7.77. The lowest BCUT2D eigenvalue weighted by atomic mass is 10.2. The minimum Gasteiger partial charge on any atom is -0.326 e. The molecule has 1 N–H and O–H groups in total. The largest absolute Gasteiger partial charge is 0.326 e. The Labute approximate surface area is 129 Å². The summed E-state index contributed by atoms with van der Waals surface area (Å²) in [4.78, 5) is 11.9. The molecule has 2 aromatic rings. The number of carbonyl (C=O) groups excluding carboxylic acids is 1. The lowest BCUT2D eigenvalue weighted by Gasteiger charge is -2.06. The standard InChI is InChI=1S/C15H13BrFNOS/c1-10(19)18-13-4-6-14(7-5-13)20-9-11-2-3-12(16)8-15(11)17/h2-8H,9H2,1H3,(H,18,19). The summed E-state index contributed by atoms with van der Waals surface area (Å²) in [7, 11) is 0. The van der Waals surface area contributed by atoms with Crippen molar-refractivity contribution in [3.05, 3.63) is 58.3 Å². The maximum absolute atomic E-state index is 13.7. The Balaban J connectivity index is 1.98. The van der Waals surface area contributed by atoms with Crippen molar-refractivity contribution in [2.45, 2.75) is 17.6 Å². The van der Waals surface area contributed by atoms with Crippen LogP contribution in [0.4, 0.5) is 10.1 Å². The van der Waals surface area contributed by atoms with E-state index in [1.54, 1.807) is 17.8 Å². The number of hydrogen-bond donors (Lipinski definition) is 1. The van der Waals surface area contributed by atoms with Gasteiger partial charge in [0.1, 0.15) is 5.82 Å². The SMILES string of the molecule is CC(=O)Nc1ccc(SCc2ccc(Br)cc2F)cc1. The zero-order valence-corrected chi connectivity index (χ0v) is 13.2. The van der Waals surface area contributed by atoms with Crippen LogP contribution in [-0.2, 0) is 10.5 Å². The number of carbonyl (C=O) groups is 1. The summed E-state index contributed by atoms with van der Waals surface area (Å²) in [5.74, 6) is 0.266. The molecule has 1 amide bonds. The maximum atomic E-state index is 13.7. The van der Waals surface area contributed by atoms with Gasteiger partial charge in [-0.1, -0.05) is 22.0 Å². The normalized spacial score (nSPS) is 10.3. The van der Waals surface area contributed by atoms with Gasteiger partial charge >= 0.3 is 0 Å². The molecule has 0 bridgehead atoms. The van der Waals surface area contributed by atoms with Gasteiger partial charge < -0.3 is 5.32 Å². The zero-order valence-electron chi connectivity index (χ0n) is 10.8. The Morgan fingerprint density at radius 3 is 2.55 bits per heavy atom. The first-order valence-electron chi connectivity index (χ1n) is 5.99. The summed E-state index contributed by atoms with van der Waals surface area (Å²) in [5.41, 5.74) is 1.43. The molecule has 0 aliphatic heterocycles. The van der Waals surface area contributed by atoms with E-state index in [9.17, 15) is 9.18 Å². The molecule has 0 saturated heterocycles. The maximum Gasteiger partial charge on any atom is 0.221 e. The minimum atomic E-state index is -0.207. The molecule has 5 heteroatoms. The van der Waals surface area contributed by atoms with Crippen molar-refractivity contribution in [2.24, 2.45) is 0 Å². The highest BCUT2D eigenvalue weighted by Gasteiger charge is 2.04.